The fraction of sp³-hybridized carbons (Fsp3) is 0.368. The lowest BCUT2D eigenvalue weighted by Crippen LogP contribution is -2.08. The van der Waals surface area contributed by atoms with E-state index in [1.165, 1.54) is 5.56 Å². The van der Waals surface area contributed by atoms with Crippen LogP contribution in [-0.4, -0.2) is 6.79 Å². The third kappa shape index (κ3) is 3.60. The van der Waals surface area contributed by atoms with Crippen LogP contribution < -0.4 is 9.47 Å². The van der Waals surface area contributed by atoms with Crippen molar-refractivity contribution in [3.8, 4) is 11.5 Å². The van der Waals surface area contributed by atoms with Gasteiger partial charge in [-0.2, -0.15) is 0 Å². The van der Waals surface area contributed by atoms with Gasteiger partial charge in [-0.05, 0) is 35.6 Å². The molecule has 1 heterocycles. The van der Waals surface area contributed by atoms with Gasteiger partial charge in [-0.3, -0.25) is 0 Å². The molecular weight excluding hydrogens is 276 g/mol. The monoisotopic (exact) mass is 298 g/mol. The summed E-state index contributed by atoms with van der Waals surface area (Å²) in [5.41, 5.74) is 2.34. The molecule has 116 valence electrons. The highest BCUT2D eigenvalue weighted by Gasteiger charge is 2.19. The SMILES string of the molecule is CC(C)CC(OCc1ccccc1)c1ccc2c(c1)OCO2. The first-order valence-corrected chi connectivity index (χ1v) is 7.77. The summed E-state index contributed by atoms with van der Waals surface area (Å²) in [5.74, 6) is 2.19. The molecule has 1 aliphatic rings. The predicted molar refractivity (Wildman–Crippen MR) is 86.0 cm³/mol. The second-order valence-electron chi connectivity index (χ2n) is 6.03. The molecule has 3 nitrogen and oxygen atoms in total. The van der Waals surface area contributed by atoms with E-state index in [-0.39, 0.29) is 6.10 Å². The molecule has 0 amide bonds. The first-order chi connectivity index (χ1) is 10.7. The minimum absolute atomic E-state index is 0.0645. The van der Waals surface area contributed by atoms with Crippen molar-refractivity contribution >= 4 is 0 Å². The van der Waals surface area contributed by atoms with E-state index in [4.69, 9.17) is 14.2 Å². The molecule has 22 heavy (non-hydrogen) atoms. The molecule has 3 heteroatoms. The lowest BCUT2D eigenvalue weighted by molar-refractivity contribution is 0.0257. The molecule has 0 spiro atoms. The Balaban J connectivity index is 1.74. The summed E-state index contributed by atoms with van der Waals surface area (Å²) in [6.45, 7) is 5.35. The zero-order valence-electron chi connectivity index (χ0n) is 13.1. The average Bonchev–Trinajstić information content (AvgIpc) is 2.99. The summed E-state index contributed by atoms with van der Waals surface area (Å²) >= 11 is 0. The zero-order chi connectivity index (χ0) is 15.4. The van der Waals surface area contributed by atoms with Crippen LogP contribution in [0.5, 0.6) is 11.5 Å². The normalized spacial score (nSPS) is 14.3. The van der Waals surface area contributed by atoms with E-state index in [1.54, 1.807) is 0 Å². The van der Waals surface area contributed by atoms with Crippen LogP contribution in [0.2, 0.25) is 0 Å². The summed E-state index contributed by atoms with van der Waals surface area (Å²) in [4.78, 5) is 0. The Morgan fingerprint density at radius 2 is 1.77 bits per heavy atom. The van der Waals surface area contributed by atoms with Crippen LogP contribution in [0, 0.1) is 5.92 Å². The van der Waals surface area contributed by atoms with Crippen molar-refractivity contribution in [1.29, 1.82) is 0 Å². The van der Waals surface area contributed by atoms with Gasteiger partial charge in [0.1, 0.15) is 0 Å². The molecule has 1 aliphatic heterocycles. The molecule has 0 aliphatic carbocycles. The van der Waals surface area contributed by atoms with Gasteiger partial charge in [-0.15, -0.1) is 0 Å². The summed E-state index contributed by atoms with van der Waals surface area (Å²) in [7, 11) is 0. The van der Waals surface area contributed by atoms with Crippen LogP contribution in [0.15, 0.2) is 48.5 Å². The Kier molecular flexibility index (Phi) is 4.64. The van der Waals surface area contributed by atoms with Crippen molar-refractivity contribution in [2.75, 3.05) is 6.79 Å². The molecule has 2 aromatic rings. The molecule has 0 saturated carbocycles. The maximum Gasteiger partial charge on any atom is 0.231 e. The Morgan fingerprint density at radius 1 is 1.00 bits per heavy atom. The number of benzene rings is 2. The van der Waals surface area contributed by atoms with Crippen LogP contribution in [0.1, 0.15) is 37.5 Å². The van der Waals surface area contributed by atoms with Gasteiger partial charge in [-0.25, -0.2) is 0 Å². The van der Waals surface area contributed by atoms with Crippen molar-refractivity contribution < 1.29 is 14.2 Å². The molecule has 0 radical (unpaired) electrons. The summed E-state index contributed by atoms with van der Waals surface area (Å²) < 4.78 is 17.0. The fourth-order valence-corrected chi connectivity index (χ4v) is 2.61. The maximum absolute atomic E-state index is 6.19. The van der Waals surface area contributed by atoms with Crippen molar-refractivity contribution in [3.05, 3.63) is 59.7 Å². The fourth-order valence-electron chi connectivity index (χ4n) is 2.61. The third-order valence-electron chi connectivity index (χ3n) is 3.75. The number of hydrogen-bond donors (Lipinski definition) is 0. The molecule has 0 fully saturated rings. The molecule has 1 unspecified atom stereocenters. The second kappa shape index (κ2) is 6.84. The first kappa shape index (κ1) is 14.9. The highest BCUT2D eigenvalue weighted by atomic mass is 16.7. The van der Waals surface area contributed by atoms with Crippen molar-refractivity contribution in [1.82, 2.24) is 0 Å². The van der Waals surface area contributed by atoms with E-state index in [0.717, 1.165) is 23.5 Å². The largest absolute Gasteiger partial charge is 0.454 e. The van der Waals surface area contributed by atoms with Gasteiger partial charge < -0.3 is 14.2 Å². The zero-order valence-corrected chi connectivity index (χ0v) is 13.1. The van der Waals surface area contributed by atoms with E-state index in [2.05, 4.69) is 32.0 Å². The highest BCUT2D eigenvalue weighted by Crippen LogP contribution is 2.36. The van der Waals surface area contributed by atoms with Gasteiger partial charge in [0, 0.05) is 0 Å². The number of fused-ring (bicyclic) bond motifs is 1. The van der Waals surface area contributed by atoms with E-state index in [9.17, 15) is 0 Å². The summed E-state index contributed by atoms with van der Waals surface area (Å²) in [6.07, 6.45) is 1.04. The Bertz CT molecular complexity index is 607. The molecular formula is C19H22O3. The van der Waals surface area contributed by atoms with Crippen molar-refractivity contribution in [2.45, 2.75) is 33.0 Å². The molecule has 3 rings (SSSR count). The van der Waals surface area contributed by atoms with Crippen molar-refractivity contribution in [3.63, 3.8) is 0 Å². The van der Waals surface area contributed by atoms with Gasteiger partial charge in [0.15, 0.2) is 11.5 Å². The first-order valence-electron chi connectivity index (χ1n) is 7.77. The molecule has 0 N–H and O–H groups in total. The lowest BCUT2D eigenvalue weighted by Gasteiger charge is -2.21. The van der Waals surface area contributed by atoms with Crippen LogP contribution in [-0.2, 0) is 11.3 Å². The number of hydrogen-bond acceptors (Lipinski definition) is 3. The maximum atomic E-state index is 6.19. The second-order valence-corrected chi connectivity index (χ2v) is 6.03. The summed E-state index contributed by atoms with van der Waals surface area (Å²) in [6, 6.07) is 16.4. The Labute approximate surface area is 131 Å². The molecule has 0 saturated heterocycles. The topological polar surface area (TPSA) is 27.7 Å². The highest BCUT2D eigenvalue weighted by molar-refractivity contribution is 5.45. The smallest absolute Gasteiger partial charge is 0.231 e. The summed E-state index contributed by atoms with van der Waals surface area (Å²) in [5, 5.41) is 0. The molecule has 0 aromatic heterocycles. The van der Waals surface area contributed by atoms with Gasteiger partial charge in [0.25, 0.3) is 0 Å². The van der Waals surface area contributed by atoms with E-state index >= 15 is 0 Å². The van der Waals surface area contributed by atoms with E-state index < -0.39 is 0 Å². The predicted octanol–water partition coefficient (Wildman–Crippen LogP) is 4.72. The van der Waals surface area contributed by atoms with Gasteiger partial charge in [-0.1, -0.05) is 50.2 Å². The van der Waals surface area contributed by atoms with Crippen molar-refractivity contribution in [2.24, 2.45) is 5.92 Å². The van der Waals surface area contributed by atoms with Crippen LogP contribution in [0.4, 0.5) is 0 Å². The van der Waals surface area contributed by atoms with Crippen LogP contribution in [0.3, 0.4) is 0 Å². The Morgan fingerprint density at radius 3 is 2.55 bits per heavy atom. The number of ether oxygens (including phenoxy) is 3. The average molecular weight is 298 g/mol. The van der Waals surface area contributed by atoms with Gasteiger partial charge >= 0.3 is 0 Å². The molecule has 1 atom stereocenters. The molecule has 0 bridgehead atoms. The molecule has 2 aromatic carbocycles. The van der Waals surface area contributed by atoms with Crippen LogP contribution >= 0.6 is 0 Å². The third-order valence-corrected chi connectivity index (χ3v) is 3.75. The minimum Gasteiger partial charge on any atom is -0.454 e. The van der Waals surface area contributed by atoms with Crippen LogP contribution in [0.25, 0.3) is 0 Å². The van der Waals surface area contributed by atoms with E-state index in [1.807, 2.05) is 30.3 Å². The Hall–Kier alpha value is -2.00. The lowest BCUT2D eigenvalue weighted by atomic mass is 9.99. The number of rotatable bonds is 6. The van der Waals surface area contributed by atoms with Gasteiger partial charge in [0.05, 0.1) is 12.7 Å². The van der Waals surface area contributed by atoms with Gasteiger partial charge in [0.2, 0.25) is 6.79 Å². The van der Waals surface area contributed by atoms with E-state index in [0.29, 0.717) is 19.3 Å². The minimum atomic E-state index is 0.0645. The quantitative estimate of drug-likeness (QED) is 0.772. The standard InChI is InChI=1S/C19H22O3/c1-14(2)10-18(20-12-15-6-4-3-5-7-15)16-8-9-17-19(11-16)22-13-21-17/h3-9,11,14,18H,10,12-13H2,1-2H3.